The van der Waals surface area contributed by atoms with E-state index in [1.165, 1.54) is 17.0 Å². The van der Waals surface area contributed by atoms with E-state index in [0.717, 1.165) is 5.56 Å². The van der Waals surface area contributed by atoms with Gasteiger partial charge in [-0.2, -0.15) is 0 Å². The van der Waals surface area contributed by atoms with E-state index in [2.05, 4.69) is 0 Å². The lowest BCUT2D eigenvalue weighted by Crippen LogP contribution is -2.29. The number of halogens is 1. The normalized spacial score (nSPS) is 17.6. The zero-order valence-electron chi connectivity index (χ0n) is 18.6. The van der Waals surface area contributed by atoms with Gasteiger partial charge in [0, 0.05) is 12.1 Å². The number of likely N-dealkylation sites (tertiary alicyclic amines) is 1. The molecule has 7 heteroatoms. The van der Waals surface area contributed by atoms with Crippen LogP contribution in [0.3, 0.4) is 0 Å². The number of aliphatic hydroxyl groups excluding tert-OH is 1. The van der Waals surface area contributed by atoms with Crippen LogP contribution in [0.25, 0.3) is 5.76 Å². The van der Waals surface area contributed by atoms with Gasteiger partial charge >= 0.3 is 0 Å². The summed E-state index contributed by atoms with van der Waals surface area (Å²) < 4.78 is 24.7. The molecule has 1 N–H and O–H groups in total. The number of ether oxygens (including phenoxy) is 1. The van der Waals surface area contributed by atoms with E-state index in [4.69, 9.17) is 9.15 Å². The lowest BCUT2D eigenvalue weighted by Gasteiger charge is -2.23. The van der Waals surface area contributed by atoms with E-state index in [0.29, 0.717) is 35.0 Å². The third kappa shape index (κ3) is 4.26. The van der Waals surface area contributed by atoms with Gasteiger partial charge in [-0.1, -0.05) is 12.1 Å². The number of carbonyl (C=O) groups excluding carboxylic acids is 2. The summed E-state index contributed by atoms with van der Waals surface area (Å²) in [4.78, 5) is 27.4. The first-order valence-corrected chi connectivity index (χ1v) is 10.6. The molecule has 0 spiro atoms. The monoisotopic (exact) mass is 449 g/mol. The third-order valence-corrected chi connectivity index (χ3v) is 5.58. The van der Waals surface area contributed by atoms with E-state index >= 15 is 0 Å². The molecule has 4 rings (SSSR count). The van der Waals surface area contributed by atoms with E-state index in [9.17, 15) is 19.1 Å². The summed E-state index contributed by atoms with van der Waals surface area (Å²) >= 11 is 0. The van der Waals surface area contributed by atoms with E-state index in [1.807, 2.05) is 13.8 Å². The van der Waals surface area contributed by atoms with Crippen LogP contribution in [0.15, 0.2) is 64.6 Å². The second-order valence-corrected chi connectivity index (χ2v) is 7.92. The average molecular weight is 449 g/mol. The van der Waals surface area contributed by atoms with Crippen molar-refractivity contribution >= 4 is 17.4 Å². The smallest absolute Gasteiger partial charge is 0.296 e. The van der Waals surface area contributed by atoms with Crippen molar-refractivity contribution in [2.75, 3.05) is 6.61 Å². The summed E-state index contributed by atoms with van der Waals surface area (Å²) in [5, 5.41) is 11.2. The van der Waals surface area contributed by atoms with Crippen molar-refractivity contribution in [3.63, 3.8) is 0 Å². The lowest BCUT2D eigenvalue weighted by molar-refractivity contribution is -0.140. The fraction of sp³-hybridized carbons (Fsp3) is 0.231. The quantitative estimate of drug-likeness (QED) is 0.323. The fourth-order valence-corrected chi connectivity index (χ4v) is 4.00. The Morgan fingerprint density at radius 1 is 1.09 bits per heavy atom. The van der Waals surface area contributed by atoms with Crippen LogP contribution < -0.4 is 4.74 Å². The number of carbonyl (C=O) groups is 2. The van der Waals surface area contributed by atoms with Crippen LogP contribution >= 0.6 is 0 Å². The summed E-state index contributed by atoms with van der Waals surface area (Å²) in [6, 6.07) is 13.2. The summed E-state index contributed by atoms with van der Waals surface area (Å²) in [6.45, 7) is 6.02. The van der Waals surface area contributed by atoms with Gasteiger partial charge in [-0.25, -0.2) is 4.39 Å². The first kappa shape index (κ1) is 22.3. The fourth-order valence-electron chi connectivity index (χ4n) is 4.00. The van der Waals surface area contributed by atoms with Crippen LogP contribution in [0.2, 0.25) is 0 Å². The molecule has 0 aliphatic carbocycles. The Kier molecular flexibility index (Phi) is 6.05. The zero-order chi connectivity index (χ0) is 23.7. The molecule has 2 heterocycles. The SMILES string of the molecule is CCOc1ccc(/C(O)=C2/C(=O)C(=O)N(Cc3ccc(F)cc3)C2c2ccc(C)o2)cc1C. The second kappa shape index (κ2) is 8.94. The first-order chi connectivity index (χ1) is 15.8. The van der Waals surface area contributed by atoms with Crippen LogP contribution in [-0.2, 0) is 16.1 Å². The van der Waals surface area contributed by atoms with Crippen molar-refractivity contribution in [1.29, 1.82) is 0 Å². The van der Waals surface area contributed by atoms with Crippen LogP contribution in [0.5, 0.6) is 5.75 Å². The number of aliphatic hydroxyl groups is 1. The molecule has 6 nitrogen and oxygen atoms in total. The molecule has 1 unspecified atom stereocenters. The minimum absolute atomic E-state index is 0.0500. The van der Waals surface area contributed by atoms with Gasteiger partial charge in [0.1, 0.15) is 34.9 Å². The third-order valence-electron chi connectivity index (χ3n) is 5.58. The number of rotatable bonds is 6. The number of furan rings is 1. The van der Waals surface area contributed by atoms with Gasteiger partial charge < -0.3 is 19.2 Å². The molecule has 1 fully saturated rings. The molecule has 33 heavy (non-hydrogen) atoms. The van der Waals surface area contributed by atoms with Crippen molar-refractivity contribution in [2.24, 2.45) is 0 Å². The Hall–Kier alpha value is -3.87. The molecule has 1 aromatic heterocycles. The van der Waals surface area contributed by atoms with E-state index in [1.54, 1.807) is 49.4 Å². The van der Waals surface area contributed by atoms with Crippen molar-refractivity contribution in [1.82, 2.24) is 4.90 Å². The van der Waals surface area contributed by atoms with Gasteiger partial charge in [0.15, 0.2) is 0 Å². The maximum atomic E-state index is 13.3. The Labute approximate surface area is 190 Å². The summed E-state index contributed by atoms with van der Waals surface area (Å²) in [5.74, 6) is -0.621. The standard InChI is InChI=1S/C26H24FNO5/c1-4-32-20-12-8-18(13-15(20)2)24(29)22-23(21-11-5-16(3)33-21)28(26(31)25(22)30)14-17-6-9-19(27)10-7-17/h5-13,23,29H,4,14H2,1-3H3/b24-22-. The predicted octanol–water partition coefficient (Wildman–Crippen LogP) is 5.06. The predicted molar refractivity (Wildman–Crippen MR) is 120 cm³/mol. The van der Waals surface area contributed by atoms with Crippen LogP contribution in [-0.4, -0.2) is 28.3 Å². The molecule has 3 aromatic rings. The van der Waals surface area contributed by atoms with Crippen LogP contribution in [0.4, 0.5) is 4.39 Å². The number of hydrogen-bond acceptors (Lipinski definition) is 5. The molecule has 1 aliphatic rings. The van der Waals surface area contributed by atoms with Gasteiger partial charge in [-0.05, 0) is 74.4 Å². The van der Waals surface area contributed by atoms with Crippen molar-refractivity contribution < 1.29 is 28.2 Å². The highest BCUT2D eigenvalue weighted by atomic mass is 19.1. The van der Waals surface area contributed by atoms with E-state index in [-0.39, 0.29) is 17.9 Å². The summed E-state index contributed by atoms with van der Waals surface area (Å²) in [7, 11) is 0. The Bertz CT molecular complexity index is 1240. The van der Waals surface area contributed by atoms with Crippen LogP contribution in [0, 0.1) is 19.7 Å². The minimum Gasteiger partial charge on any atom is -0.507 e. The molecule has 170 valence electrons. The molecule has 1 aliphatic heterocycles. The molecule has 1 saturated heterocycles. The average Bonchev–Trinajstić information content (AvgIpc) is 3.32. The van der Waals surface area contributed by atoms with Crippen molar-refractivity contribution in [3.8, 4) is 5.75 Å². The number of hydrogen-bond donors (Lipinski definition) is 1. The Balaban J connectivity index is 1.81. The Morgan fingerprint density at radius 3 is 2.42 bits per heavy atom. The molecule has 1 amide bonds. The van der Waals surface area contributed by atoms with Gasteiger partial charge in [-0.15, -0.1) is 0 Å². The molecular weight excluding hydrogens is 425 g/mol. The van der Waals surface area contributed by atoms with Gasteiger partial charge in [0.2, 0.25) is 0 Å². The number of Topliss-reactive ketones (excluding diaryl/α,β-unsaturated/α-hetero) is 1. The molecule has 0 bridgehead atoms. The summed E-state index contributed by atoms with van der Waals surface area (Å²) in [5.41, 5.74) is 1.76. The zero-order valence-corrected chi connectivity index (χ0v) is 18.6. The lowest BCUT2D eigenvalue weighted by atomic mass is 9.98. The van der Waals surface area contributed by atoms with Gasteiger partial charge in [0.05, 0.1) is 12.2 Å². The molecule has 0 radical (unpaired) electrons. The largest absolute Gasteiger partial charge is 0.507 e. The highest BCUT2D eigenvalue weighted by Crippen LogP contribution is 2.41. The van der Waals surface area contributed by atoms with Crippen molar-refractivity contribution in [2.45, 2.75) is 33.4 Å². The highest BCUT2D eigenvalue weighted by Gasteiger charge is 2.47. The van der Waals surface area contributed by atoms with E-state index < -0.39 is 23.5 Å². The minimum atomic E-state index is -0.921. The number of aryl methyl sites for hydroxylation is 2. The maximum absolute atomic E-state index is 13.3. The molecule has 1 atom stereocenters. The molecule has 0 saturated carbocycles. The maximum Gasteiger partial charge on any atom is 0.296 e. The second-order valence-electron chi connectivity index (χ2n) is 7.92. The van der Waals surface area contributed by atoms with Crippen LogP contribution in [0.1, 0.15) is 41.2 Å². The van der Waals surface area contributed by atoms with Crippen molar-refractivity contribution in [3.05, 3.63) is 94.2 Å². The molecule has 2 aromatic carbocycles. The highest BCUT2D eigenvalue weighted by molar-refractivity contribution is 6.46. The first-order valence-electron chi connectivity index (χ1n) is 10.6. The topological polar surface area (TPSA) is 80.0 Å². The summed E-state index contributed by atoms with van der Waals surface area (Å²) in [6.07, 6.45) is 0. The van der Waals surface area contributed by atoms with Gasteiger partial charge in [-0.3, -0.25) is 9.59 Å². The van der Waals surface area contributed by atoms with Gasteiger partial charge in [0.25, 0.3) is 11.7 Å². The number of amides is 1. The number of benzene rings is 2. The Morgan fingerprint density at radius 2 is 1.82 bits per heavy atom. The number of nitrogens with zero attached hydrogens (tertiary/aromatic N) is 1. The number of ketones is 1. The molecular formula is C26H24FNO5.